The number of amides is 1. The molecule has 0 atom stereocenters. The predicted molar refractivity (Wildman–Crippen MR) is 42.8 cm³/mol. The zero-order chi connectivity index (χ0) is 8.27. The van der Waals surface area contributed by atoms with Gasteiger partial charge in [0.15, 0.2) is 0 Å². The molecule has 4 heteroatoms. The van der Waals surface area contributed by atoms with Gasteiger partial charge in [-0.25, -0.2) is 0 Å². The van der Waals surface area contributed by atoms with Crippen LogP contribution in [0.1, 0.15) is 0 Å². The third-order valence-electron chi connectivity index (χ3n) is 1.17. The number of halogens is 1. The monoisotopic (exact) mass is 171 g/mol. The van der Waals surface area contributed by atoms with Gasteiger partial charge in [-0.05, 0) is 12.1 Å². The molecule has 0 fully saturated rings. The van der Waals surface area contributed by atoms with E-state index in [2.05, 4.69) is 5.32 Å². The molecule has 0 aliphatic heterocycles. The minimum atomic E-state index is -0.0374. The van der Waals surface area contributed by atoms with Crippen molar-refractivity contribution < 1.29 is 9.90 Å². The van der Waals surface area contributed by atoms with Gasteiger partial charge in [-0.2, -0.15) is 0 Å². The molecule has 0 unspecified atom stereocenters. The summed E-state index contributed by atoms with van der Waals surface area (Å²) in [6, 6.07) is 4.45. The largest absolute Gasteiger partial charge is 0.506 e. The fourth-order valence-corrected chi connectivity index (χ4v) is 0.857. The number of anilines is 1. The molecule has 1 amide bonds. The van der Waals surface area contributed by atoms with Crippen molar-refractivity contribution in [3.05, 3.63) is 23.2 Å². The Morgan fingerprint density at radius 3 is 2.82 bits per heavy atom. The number of phenolic OH excluding ortho intramolecular Hbond substituents is 1. The summed E-state index contributed by atoms with van der Waals surface area (Å²) in [6.45, 7) is 0. The highest BCUT2D eigenvalue weighted by atomic mass is 35.5. The molecule has 0 heterocycles. The molecule has 1 rings (SSSR count). The number of aromatic hydroxyl groups is 1. The van der Waals surface area contributed by atoms with E-state index in [1.54, 1.807) is 6.07 Å². The number of carbonyl (C=O) groups is 1. The normalized spacial score (nSPS) is 9.18. The van der Waals surface area contributed by atoms with Crippen molar-refractivity contribution in [2.75, 3.05) is 5.32 Å². The second-order valence-corrected chi connectivity index (χ2v) is 2.36. The van der Waals surface area contributed by atoms with E-state index in [1.165, 1.54) is 12.1 Å². The van der Waals surface area contributed by atoms with Gasteiger partial charge in [0, 0.05) is 11.1 Å². The van der Waals surface area contributed by atoms with Gasteiger partial charge in [-0.15, -0.1) is 0 Å². The summed E-state index contributed by atoms with van der Waals surface area (Å²) in [4.78, 5) is 9.96. The number of rotatable bonds is 2. The maximum absolute atomic E-state index is 9.96. The van der Waals surface area contributed by atoms with Crippen LogP contribution in [0.3, 0.4) is 0 Å². The van der Waals surface area contributed by atoms with E-state index in [0.717, 1.165) is 0 Å². The Bertz CT molecular complexity index is 275. The SMILES string of the molecule is O=CNc1ccc(Cl)cc1O. The summed E-state index contributed by atoms with van der Waals surface area (Å²) in [5, 5.41) is 11.9. The van der Waals surface area contributed by atoms with Crippen LogP contribution in [-0.4, -0.2) is 11.5 Å². The highest BCUT2D eigenvalue weighted by Gasteiger charge is 1.98. The van der Waals surface area contributed by atoms with Crippen molar-refractivity contribution in [1.82, 2.24) is 0 Å². The number of benzene rings is 1. The lowest BCUT2D eigenvalue weighted by atomic mass is 10.3. The van der Waals surface area contributed by atoms with Crippen molar-refractivity contribution in [3.8, 4) is 5.75 Å². The summed E-state index contributed by atoms with van der Waals surface area (Å²) in [6.07, 6.45) is 0.489. The van der Waals surface area contributed by atoms with E-state index in [1.807, 2.05) is 0 Å². The van der Waals surface area contributed by atoms with Crippen LogP contribution < -0.4 is 5.32 Å². The Balaban J connectivity index is 2.98. The van der Waals surface area contributed by atoms with Crippen LogP contribution in [0.2, 0.25) is 5.02 Å². The molecule has 0 aliphatic rings. The summed E-state index contributed by atoms with van der Waals surface area (Å²) in [5.41, 5.74) is 0.351. The van der Waals surface area contributed by atoms with Gasteiger partial charge in [0.05, 0.1) is 5.69 Å². The van der Waals surface area contributed by atoms with Crippen LogP contribution in [0.5, 0.6) is 5.75 Å². The number of phenols is 1. The summed E-state index contributed by atoms with van der Waals surface area (Å²) < 4.78 is 0. The van der Waals surface area contributed by atoms with E-state index in [0.29, 0.717) is 17.1 Å². The molecule has 0 saturated carbocycles. The van der Waals surface area contributed by atoms with Crippen LogP contribution in [0.25, 0.3) is 0 Å². The molecule has 11 heavy (non-hydrogen) atoms. The topological polar surface area (TPSA) is 49.3 Å². The van der Waals surface area contributed by atoms with Crippen molar-refractivity contribution in [1.29, 1.82) is 0 Å². The number of hydrogen-bond donors (Lipinski definition) is 2. The van der Waals surface area contributed by atoms with E-state index in [4.69, 9.17) is 16.7 Å². The first-order valence-electron chi connectivity index (χ1n) is 2.93. The van der Waals surface area contributed by atoms with Crippen LogP contribution >= 0.6 is 11.6 Å². The molecule has 1 aromatic rings. The Labute approximate surface area is 68.6 Å². The van der Waals surface area contributed by atoms with Crippen LogP contribution in [-0.2, 0) is 4.79 Å². The molecule has 1 aromatic carbocycles. The molecule has 0 aliphatic carbocycles. The smallest absolute Gasteiger partial charge is 0.211 e. The highest BCUT2D eigenvalue weighted by molar-refractivity contribution is 6.30. The standard InChI is InChI=1S/C7H6ClNO2/c8-5-1-2-6(9-4-10)7(11)3-5/h1-4,11H,(H,9,10). The van der Waals surface area contributed by atoms with E-state index in [-0.39, 0.29) is 5.75 Å². The minimum absolute atomic E-state index is 0.0374. The average molecular weight is 172 g/mol. The van der Waals surface area contributed by atoms with Gasteiger partial charge in [0.2, 0.25) is 6.41 Å². The summed E-state index contributed by atoms with van der Waals surface area (Å²) >= 11 is 5.54. The van der Waals surface area contributed by atoms with Gasteiger partial charge in [-0.1, -0.05) is 11.6 Å². The van der Waals surface area contributed by atoms with Gasteiger partial charge in [0.1, 0.15) is 5.75 Å². The fourth-order valence-electron chi connectivity index (χ4n) is 0.690. The van der Waals surface area contributed by atoms with Crippen LogP contribution in [0.4, 0.5) is 5.69 Å². The van der Waals surface area contributed by atoms with Crippen molar-refractivity contribution in [3.63, 3.8) is 0 Å². The van der Waals surface area contributed by atoms with Gasteiger partial charge < -0.3 is 10.4 Å². The quantitative estimate of drug-likeness (QED) is 0.525. The lowest BCUT2D eigenvalue weighted by molar-refractivity contribution is -0.105. The Morgan fingerprint density at radius 2 is 2.27 bits per heavy atom. The lowest BCUT2D eigenvalue weighted by Gasteiger charge is -2.00. The van der Waals surface area contributed by atoms with Crippen molar-refractivity contribution >= 4 is 23.7 Å². The Hall–Kier alpha value is -1.22. The second-order valence-electron chi connectivity index (χ2n) is 1.92. The lowest BCUT2D eigenvalue weighted by Crippen LogP contribution is -1.93. The van der Waals surface area contributed by atoms with Crippen LogP contribution in [0, 0.1) is 0 Å². The summed E-state index contributed by atoms with van der Waals surface area (Å²) in [7, 11) is 0. The minimum Gasteiger partial charge on any atom is -0.506 e. The number of nitrogens with one attached hydrogen (secondary N) is 1. The van der Waals surface area contributed by atoms with E-state index < -0.39 is 0 Å². The molecule has 2 N–H and O–H groups in total. The Morgan fingerprint density at radius 1 is 1.55 bits per heavy atom. The third-order valence-corrected chi connectivity index (χ3v) is 1.41. The second kappa shape index (κ2) is 3.25. The first kappa shape index (κ1) is 7.88. The molecule has 0 bridgehead atoms. The zero-order valence-corrected chi connectivity index (χ0v) is 6.30. The maximum Gasteiger partial charge on any atom is 0.211 e. The molecule has 0 saturated heterocycles. The first-order chi connectivity index (χ1) is 5.24. The van der Waals surface area contributed by atoms with E-state index >= 15 is 0 Å². The fraction of sp³-hybridized carbons (Fsp3) is 0. The zero-order valence-electron chi connectivity index (χ0n) is 5.54. The molecular weight excluding hydrogens is 166 g/mol. The highest BCUT2D eigenvalue weighted by Crippen LogP contribution is 2.25. The first-order valence-corrected chi connectivity index (χ1v) is 3.30. The Kier molecular flexibility index (Phi) is 2.33. The van der Waals surface area contributed by atoms with Crippen molar-refractivity contribution in [2.24, 2.45) is 0 Å². The van der Waals surface area contributed by atoms with E-state index in [9.17, 15) is 4.79 Å². The molecule has 0 aromatic heterocycles. The summed E-state index contributed by atoms with van der Waals surface area (Å²) in [5.74, 6) is -0.0374. The molecule has 58 valence electrons. The molecule has 0 radical (unpaired) electrons. The third kappa shape index (κ3) is 1.85. The van der Waals surface area contributed by atoms with Crippen LogP contribution in [0.15, 0.2) is 18.2 Å². The predicted octanol–water partition coefficient (Wildman–Crippen LogP) is 1.61. The molecular formula is C7H6ClNO2. The average Bonchev–Trinajstić information content (AvgIpc) is 1.95. The van der Waals surface area contributed by atoms with Gasteiger partial charge >= 0.3 is 0 Å². The number of hydrogen-bond acceptors (Lipinski definition) is 2. The van der Waals surface area contributed by atoms with Crippen molar-refractivity contribution in [2.45, 2.75) is 0 Å². The van der Waals surface area contributed by atoms with Gasteiger partial charge in [0.25, 0.3) is 0 Å². The van der Waals surface area contributed by atoms with Gasteiger partial charge in [-0.3, -0.25) is 4.79 Å². The molecule has 0 spiro atoms. The molecule has 3 nitrogen and oxygen atoms in total. The number of carbonyl (C=O) groups excluding carboxylic acids is 1. The maximum atomic E-state index is 9.96.